The van der Waals surface area contributed by atoms with Crippen molar-refractivity contribution in [2.24, 2.45) is 5.92 Å². The van der Waals surface area contributed by atoms with Crippen molar-refractivity contribution < 1.29 is 23.9 Å². The van der Waals surface area contributed by atoms with Crippen molar-refractivity contribution in [3.05, 3.63) is 65.6 Å². The number of imide groups is 2. The van der Waals surface area contributed by atoms with Crippen molar-refractivity contribution in [2.45, 2.75) is 75.4 Å². The third-order valence-corrected chi connectivity index (χ3v) is 10.7. The summed E-state index contributed by atoms with van der Waals surface area (Å²) in [7, 11) is 0. The van der Waals surface area contributed by atoms with E-state index >= 15 is 0 Å². The Balaban J connectivity index is 0.787. The average Bonchev–Trinajstić information content (AvgIpc) is 3.79. The highest BCUT2D eigenvalue weighted by atomic mass is 16.5. The summed E-state index contributed by atoms with van der Waals surface area (Å²) in [4.78, 5) is 60.8. The number of nitrogens with zero attached hydrogens (tertiary/aromatic N) is 5. The number of carbonyl (C=O) groups excluding carboxylic acids is 4. The molecule has 3 aliphatic heterocycles. The van der Waals surface area contributed by atoms with Gasteiger partial charge in [-0.15, -0.1) is 0 Å². The third-order valence-electron chi connectivity index (χ3n) is 10.7. The van der Waals surface area contributed by atoms with Gasteiger partial charge >= 0.3 is 0 Å². The molecule has 0 radical (unpaired) electrons. The van der Waals surface area contributed by atoms with E-state index in [9.17, 15) is 19.2 Å². The highest BCUT2D eigenvalue weighted by molar-refractivity contribution is 6.23. The van der Waals surface area contributed by atoms with E-state index in [2.05, 4.69) is 32.9 Å². The van der Waals surface area contributed by atoms with Crippen molar-refractivity contribution in [2.75, 3.05) is 30.4 Å². The molecule has 13 heteroatoms. The Kier molecular flexibility index (Phi) is 7.59. The van der Waals surface area contributed by atoms with E-state index in [-0.39, 0.29) is 29.9 Å². The zero-order valence-electron chi connectivity index (χ0n) is 27.6. The summed E-state index contributed by atoms with van der Waals surface area (Å²) in [5.41, 5.74) is 7.22. The summed E-state index contributed by atoms with van der Waals surface area (Å²) >= 11 is 0. The molecule has 2 saturated carbocycles. The lowest BCUT2D eigenvalue weighted by Crippen LogP contribution is -2.54. The molecular weight excluding hydrogens is 636 g/mol. The van der Waals surface area contributed by atoms with Crippen LogP contribution < -0.4 is 16.0 Å². The van der Waals surface area contributed by atoms with Crippen LogP contribution in [0.3, 0.4) is 0 Å². The Morgan fingerprint density at radius 2 is 1.72 bits per heavy atom. The van der Waals surface area contributed by atoms with Gasteiger partial charge in [0.25, 0.3) is 11.8 Å². The van der Waals surface area contributed by atoms with Crippen LogP contribution in [0.4, 0.5) is 11.4 Å². The minimum atomic E-state index is -0.965. The number of fused-ring (bicyclic) bond motifs is 2. The Hall–Kier alpha value is -5.17. The molecule has 13 nitrogen and oxygen atoms in total. The van der Waals surface area contributed by atoms with Gasteiger partial charge in [-0.25, -0.2) is 4.98 Å². The maximum absolute atomic E-state index is 13.1. The molecule has 4 amide bonds. The van der Waals surface area contributed by atoms with Crippen LogP contribution in [0.25, 0.3) is 22.3 Å². The summed E-state index contributed by atoms with van der Waals surface area (Å²) in [6, 6.07) is 11.0. The lowest BCUT2D eigenvalue weighted by molar-refractivity contribution is -0.136. The zero-order chi connectivity index (χ0) is 33.9. The summed E-state index contributed by atoms with van der Waals surface area (Å²) in [6.45, 7) is 2.21. The van der Waals surface area contributed by atoms with Gasteiger partial charge in [0.15, 0.2) is 0 Å². The van der Waals surface area contributed by atoms with Crippen molar-refractivity contribution >= 4 is 46.0 Å². The number of hydrogen-bond donors (Lipinski definition) is 3. The number of nitrogens with one attached hydrogen (secondary N) is 3. The van der Waals surface area contributed by atoms with Gasteiger partial charge in [0.1, 0.15) is 6.04 Å². The van der Waals surface area contributed by atoms with Crippen LogP contribution in [0.1, 0.15) is 89.7 Å². The molecule has 2 aromatic heterocycles. The predicted octanol–water partition coefficient (Wildman–Crippen LogP) is 4.43. The lowest BCUT2D eigenvalue weighted by atomic mass is 9.77. The van der Waals surface area contributed by atoms with Crippen LogP contribution in [-0.4, -0.2) is 80.1 Å². The molecule has 2 aromatic carbocycles. The van der Waals surface area contributed by atoms with Crippen molar-refractivity contribution in [1.82, 2.24) is 30.0 Å². The SMILES string of the molecule is O=C1CCC(N2C(=O)c3ccc(NCCCC4CC(n5cc(-c6cnc7cc(NC8COC8)ccc7n6)c(C6CC6)n5)C4)cc3C2=O)C(=O)N1. The molecule has 5 aliphatic rings. The van der Waals surface area contributed by atoms with Crippen LogP contribution in [-0.2, 0) is 14.3 Å². The molecule has 50 heavy (non-hydrogen) atoms. The van der Waals surface area contributed by atoms with E-state index in [0.717, 1.165) is 103 Å². The van der Waals surface area contributed by atoms with E-state index in [4.69, 9.17) is 19.8 Å². The molecule has 3 N–H and O–H groups in total. The number of piperidine rings is 1. The number of anilines is 2. The Labute approximate surface area is 288 Å². The number of ether oxygens (including phenoxy) is 1. The summed E-state index contributed by atoms with van der Waals surface area (Å²) in [5, 5.41) is 14.2. The average molecular weight is 675 g/mol. The molecule has 1 unspecified atom stereocenters. The van der Waals surface area contributed by atoms with E-state index in [1.807, 2.05) is 18.3 Å². The van der Waals surface area contributed by atoms with Gasteiger partial charge in [0.2, 0.25) is 11.8 Å². The first-order valence-corrected chi connectivity index (χ1v) is 17.7. The van der Waals surface area contributed by atoms with Gasteiger partial charge in [0, 0.05) is 42.0 Å². The van der Waals surface area contributed by atoms with Crippen molar-refractivity contribution in [3.63, 3.8) is 0 Å². The second-order valence-electron chi connectivity index (χ2n) is 14.3. The predicted molar refractivity (Wildman–Crippen MR) is 184 cm³/mol. The first kappa shape index (κ1) is 30.9. The molecule has 1 atom stereocenters. The van der Waals surface area contributed by atoms with E-state index in [1.54, 1.807) is 18.2 Å². The number of hydrogen-bond acceptors (Lipinski definition) is 10. The first-order valence-electron chi connectivity index (χ1n) is 17.7. The van der Waals surface area contributed by atoms with Gasteiger partial charge in [-0.2, -0.15) is 5.10 Å². The van der Waals surface area contributed by atoms with E-state index < -0.39 is 23.8 Å². The molecular formula is C37H38N8O5. The fraction of sp³-hybridized carbons (Fsp3) is 0.432. The molecule has 2 saturated heterocycles. The number of benzene rings is 2. The van der Waals surface area contributed by atoms with Crippen molar-refractivity contribution in [1.29, 1.82) is 0 Å². The smallest absolute Gasteiger partial charge is 0.262 e. The monoisotopic (exact) mass is 674 g/mol. The Morgan fingerprint density at radius 1 is 0.900 bits per heavy atom. The minimum Gasteiger partial charge on any atom is -0.385 e. The fourth-order valence-corrected chi connectivity index (χ4v) is 7.59. The number of aromatic nitrogens is 4. The van der Waals surface area contributed by atoms with Crippen LogP contribution in [0.5, 0.6) is 0 Å². The topological polar surface area (TPSA) is 160 Å². The molecule has 0 spiro atoms. The normalized spacial score (nSPS) is 23.4. The third kappa shape index (κ3) is 5.68. The summed E-state index contributed by atoms with van der Waals surface area (Å²) in [5.74, 6) is -0.869. The maximum atomic E-state index is 13.1. The van der Waals surface area contributed by atoms with Gasteiger partial charge in [-0.05, 0) is 87.3 Å². The van der Waals surface area contributed by atoms with Crippen LogP contribution in [0.2, 0.25) is 0 Å². The minimum absolute atomic E-state index is 0.0972. The molecule has 4 aromatic rings. The van der Waals surface area contributed by atoms with Gasteiger partial charge < -0.3 is 15.4 Å². The maximum Gasteiger partial charge on any atom is 0.262 e. The summed E-state index contributed by atoms with van der Waals surface area (Å²) < 4.78 is 7.44. The van der Waals surface area contributed by atoms with Gasteiger partial charge in [-0.1, -0.05) is 0 Å². The Morgan fingerprint density at radius 3 is 2.50 bits per heavy atom. The summed E-state index contributed by atoms with van der Waals surface area (Å²) in [6.07, 6.45) is 10.9. The van der Waals surface area contributed by atoms with Crippen molar-refractivity contribution in [3.8, 4) is 11.3 Å². The Bertz CT molecular complexity index is 2050. The number of carbonyl (C=O) groups is 4. The zero-order valence-corrected chi connectivity index (χ0v) is 27.6. The molecule has 9 rings (SSSR count). The fourth-order valence-electron chi connectivity index (χ4n) is 7.59. The molecule has 4 fully saturated rings. The van der Waals surface area contributed by atoms with E-state index in [0.29, 0.717) is 23.9 Å². The molecule has 2 aliphatic carbocycles. The second kappa shape index (κ2) is 12.3. The van der Waals surface area contributed by atoms with Gasteiger partial charge in [-0.3, -0.25) is 39.1 Å². The van der Waals surface area contributed by atoms with E-state index in [1.165, 1.54) is 0 Å². The number of rotatable bonds is 11. The van der Waals surface area contributed by atoms with Crippen LogP contribution >= 0.6 is 0 Å². The molecule has 256 valence electrons. The highest BCUT2D eigenvalue weighted by Gasteiger charge is 2.44. The highest BCUT2D eigenvalue weighted by Crippen LogP contribution is 2.46. The first-order chi connectivity index (χ1) is 24.4. The lowest BCUT2D eigenvalue weighted by Gasteiger charge is -2.35. The van der Waals surface area contributed by atoms with Crippen LogP contribution in [0, 0.1) is 5.92 Å². The number of amides is 4. The molecule has 0 bridgehead atoms. The van der Waals surface area contributed by atoms with Gasteiger partial charge in [0.05, 0.1) is 65.0 Å². The standard InChI is InChI=1S/C37H38N8O5/c46-33-10-9-32(35(47)42-33)45-36(48)26-7-5-22(14-27(26)37(45)49)38-11-1-2-20-12-25(13-20)44-17-28(34(43-44)21-3-4-21)31-16-39-30-15-23(6-8-29(30)41-31)40-24-18-50-19-24/h5-8,14-17,20-21,24-25,32,38,40H,1-4,9-13,18-19H2,(H,42,46,47). The quantitative estimate of drug-likeness (QED) is 0.153. The molecule has 5 heterocycles. The second-order valence-corrected chi connectivity index (χ2v) is 14.3. The van der Waals surface area contributed by atoms with Crippen LogP contribution in [0.15, 0.2) is 48.8 Å². The largest absolute Gasteiger partial charge is 0.385 e.